The van der Waals surface area contributed by atoms with E-state index in [1.807, 2.05) is 0 Å². The zero-order chi connectivity index (χ0) is 30.4. The predicted molar refractivity (Wildman–Crippen MR) is 152 cm³/mol. The van der Waals surface area contributed by atoms with Crippen molar-refractivity contribution < 1.29 is 42.9 Å². The van der Waals surface area contributed by atoms with E-state index in [4.69, 9.17) is 25.8 Å². The molecule has 42 heavy (non-hydrogen) atoms. The summed E-state index contributed by atoms with van der Waals surface area (Å²) in [6, 6.07) is 14.1. The maximum absolute atomic E-state index is 13.2. The average Bonchev–Trinajstić information content (AvgIpc) is 2.98. The molecule has 216 valence electrons. The summed E-state index contributed by atoms with van der Waals surface area (Å²) in [6.07, 6.45) is 1.23. The summed E-state index contributed by atoms with van der Waals surface area (Å²) < 4.78 is 20.7. The van der Waals surface area contributed by atoms with Crippen LogP contribution in [-0.2, 0) is 19.1 Å². The van der Waals surface area contributed by atoms with Gasteiger partial charge >= 0.3 is 12.0 Å². The number of carbonyl (C=O) groups excluding carboxylic acids is 5. The first-order valence-electron chi connectivity index (χ1n) is 12.2. The molecular weight excluding hydrogens is 570 g/mol. The molecule has 0 radical (unpaired) electrons. The Kier molecular flexibility index (Phi) is 9.08. The van der Waals surface area contributed by atoms with Gasteiger partial charge in [-0.15, -0.1) is 0 Å². The standard InChI is InChI=1S/C29H24ClN3O9/c1-39-20-10-6-18(7-11-20)31-24(34)15-42-25-22(30)13-16(14-23(25)40-2)12-21-26(35)32-29(38)33(27(21)36)19-8-4-17(5-9-19)28(37)41-3/h4-14H,15H2,1-3H3,(H,31,34)(H,32,35,38)/b21-12-. The molecule has 1 fully saturated rings. The average molecular weight is 594 g/mol. The fourth-order valence-corrected chi connectivity index (χ4v) is 4.17. The molecular formula is C29H24ClN3O9. The highest BCUT2D eigenvalue weighted by molar-refractivity contribution is 6.39. The van der Waals surface area contributed by atoms with Gasteiger partial charge in [0.15, 0.2) is 18.1 Å². The third kappa shape index (κ3) is 6.50. The van der Waals surface area contributed by atoms with Crippen LogP contribution in [0.5, 0.6) is 17.2 Å². The highest BCUT2D eigenvalue weighted by atomic mass is 35.5. The van der Waals surface area contributed by atoms with E-state index in [0.29, 0.717) is 11.4 Å². The summed E-state index contributed by atoms with van der Waals surface area (Å²) in [5.74, 6) is -2.05. The van der Waals surface area contributed by atoms with E-state index >= 15 is 0 Å². The Bertz CT molecular complexity index is 1590. The number of benzene rings is 3. The Morgan fingerprint density at radius 1 is 0.952 bits per heavy atom. The van der Waals surface area contributed by atoms with Crippen LogP contribution in [0.4, 0.5) is 16.2 Å². The number of hydrogen-bond donors (Lipinski definition) is 2. The maximum Gasteiger partial charge on any atom is 0.337 e. The Hall–Kier alpha value is -5.36. The molecule has 1 saturated heterocycles. The van der Waals surface area contributed by atoms with E-state index in [-0.39, 0.29) is 38.9 Å². The second-order valence-corrected chi connectivity index (χ2v) is 9.00. The van der Waals surface area contributed by atoms with Gasteiger partial charge in [0.05, 0.1) is 37.6 Å². The number of nitrogens with zero attached hydrogens (tertiary/aromatic N) is 1. The van der Waals surface area contributed by atoms with Gasteiger partial charge in [-0.1, -0.05) is 11.6 Å². The molecule has 1 aliphatic heterocycles. The highest BCUT2D eigenvalue weighted by Crippen LogP contribution is 2.37. The molecule has 1 heterocycles. The molecule has 0 saturated carbocycles. The van der Waals surface area contributed by atoms with Gasteiger partial charge in [0.1, 0.15) is 11.3 Å². The van der Waals surface area contributed by atoms with E-state index < -0.39 is 36.3 Å². The lowest BCUT2D eigenvalue weighted by Gasteiger charge is -2.26. The number of nitrogens with one attached hydrogen (secondary N) is 2. The number of halogens is 1. The van der Waals surface area contributed by atoms with Crippen molar-refractivity contribution in [1.82, 2.24) is 5.32 Å². The Labute approximate surface area is 244 Å². The number of imide groups is 2. The lowest BCUT2D eigenvalue weighted by molar-refractivity contribution is -0.122. The van der Waals surface area contributed by atoms with Gasteiger partial charge in [-0.25, -0.2) is 14.5 Å². The third-order valence-electron chi connectivity index (χ3n) is 5.93. The number of rotatable bonds is 9. The van der Waals surface area contributed by atoms with Crippen LogP contribution in [0.3, 0.4) is 0 Å². The Morgan fingerprint density at radius 3 is 2.26 bits per heavy atom. The summed E-state index contributed by atoms with van der Waals surface area (Å²) in [7, 11) is 4.11. The molecule has 0 aliphatic carbocycles. The molecule has 1 aliphatic rings. The van der Waals surface area contributed by atoms with Crippen molar-refractivity contribution in [2.45, 2.75) is 0 Å². The number of anilines is 2. The van der Waals surface area contributed by atoms with E-state index in [1.54, 1.807) is 24.3 Å². The Morgan fingerprint density at radius 2 is 1.64 bits per heavy atom. The van der Waals surface area contributed by atoms with Crippen molar-refractivity contribution in [3.8, 4) is 17.2 Å². The van der Waals surface area contributed by atoms with Crippen molar-refractivity contribution >= 4 is 58.8 Å². The lowest BCUT2D eigenvalue weighted by atomic mass is 10.1. The molecule has 0 unspecified atom stereocenters. The summed E-state index contributed by atoms with van der Waals surface area (Å²) >= 11 is 6.41. The van der Waals surface area contributed by atoms with Gasteiger partial charge in [-0.05, 0) is 72.3 Å². The fourth-order valence-electron chi connectivity index (χ4n) is 3.90. The van der Waals surface area contributed by atoms with Crippen molar-refractivity contribution in [3.63, 3.8) is 0 Å². The van der Waals surface area contributed by atoms with E-state index in [0.717, 1.165) is 4.90 Å². The van der Waals surface area contributed by atoms with E-state index in [2.05, 4.69) is 15.4 Å². The summed E-state index contributed by atoms with van der Waals surface area (Å²) in [6.45, 7) is -0.394. The molecule has 4 rings (SSSR count). The van der Waals surface area contributed by atoms with Gasteiger partial charge < -0.3 is 24.3 Å². The minimum absolute atomic E-state index is 0.0356. The van der Waals surface area contributed by atoms with Crippen LogP contribution in [0.25, 0.3) is 6.08 Å². The molecule has 13 heteroatoms. The molecule has 5 amide bonds. The summed E-state index contributed by atoms with van der Waals surface area (Å²) in [5, 5.41) is 4.83. The SMILES string of the molecule is COC(=O)c1ccc(N2C(=O)NC(=O)/C(=C/c3cc(Cl)c(OCC(=O)Nc4ccc(OC)cc4)c(OC)c3)C2=O)cc1. The normalized spacial score (nSPS) is 13.9. The third-order valence-corrected chi connectivity index (χ3v) is 6.21. The van der Waals surface area contributed by atoms with Crippen LogP contribution in [0.15, 0.2) is 66.2 Å². The zero-order valence-corrected chi connectivity index (χ0v) is 23.3. The van der Waals surface area contributed by atoms with Gasteiger partial charge in [0, 0.05) is 5.69 Å². The van der Waals surface area contributed by atoms with Gasteiger partial charge in [0.2, 0.25) is 0 Å². The first-order chi connectivity index (χ1) is 20.1. The number of ether oxygens (including phenoxy) is 4. The first-order valence-corrected chi connectivity index (χ1v) is 12.6. The van der Waals surface area contributed by atoms with Gasteiger partial charge in [0.25, 0.3) is 17.7 Å². The number of hydrogen-bond acceptors (Lipinski definition) is 9. The molecule has 0 atom stereocenters. The quantitative estimate of drug-likeness (QED) is 0.214. The predicted octanol–water partition coefficient (Wildman–Crippen LogP) is 3.83. The van der Waals surface area contributed by atoms with Gasteiger partial charge in [-0.3, -0.25) is 19.7 Å². The molecule has 0 aromatic heterocycles. The maximum atomic E-state index is 13.2. The summed E-state index contributed by atoms with van der Waals surface area (Å²) in [4.78, 5) is 63.2. The minimum Gasteiger partial charge on any atom is -0.497 e. The van der Waals surface area contributed by atoms with E-state index in [9.17, 15) is 24.0 Å². The fraction of sp³-hybridized carbons (Fsp3) is 0.138. The minimum atomic E-state index is -0.958. The van der Waals surface area contributed by atoms with Crippen LogP contribution >= 0.6 is 11.6 Å². The number of carbonyl (C=O) groups is 5. The van der Waals surface area contributed by atoms with Crippen LogP contribution in [0, 0.1) is 0 Å². The number of amides is 5. The van der Waals surface area contributed by atoms with Crippen LogP contribution in [-0.4, -0.2) is 57.7 Å². The van der Waals surface area contributed by atoms with Gasteiger partial charge in [-0.2, -0.15) is 0 Å². The van der Waals surface area contributed by atoms with Crippen molar-refractivity contribution in [2.75, 3.05) is 38.2 Å². The molecule has 0 spiro atoms. The number of esters is 1. The van der Waals surface area contributed by atoms with Crippen molar-refractivity contribution in [3.05, 3.63) is 82.4 Å². The van der Waals surface area contributed by atoms with Crippen LogP contribution in [0.2, 0.25) is 5.02 Å². The molecule has 0 bridgehead atoms. The number of urea groups is 1. The molecule has 3 aromatic rings. The van der Waals surface area contributed by atoms with Crippen molar-refractivity contribution in [1.29, 1.82) is 0 Å². The summed E-state index contributed by atoms with van der Waals surface area (Å²) in [5.41, 5.74) is 0.779. The van der Waals surface area contributed by atoms with E-state index in [1.165, 1.54) is 63.8 Å². The first kappa shape index (κ1) is 29.6. The molecule has 12 nitrogen and oxygen atoms in total. The second-order valence-electron chi connectivity index (χ2n) is 8.60. The number of barbiturate groups is 1. The highest BCUT2D eigenvalue weighted by Gasteiger charge is 2.37. The van der Waals surface area contributed by atoms with Crippen LogP contribution < -0.4 is 29.7 Å². The largest absolute Gasteiger partial charge is 0.497 e. The number of methoxy groups -OCH3 is 3. The molecule has 3 aromatic carbocycles. The topological polar surface area (TPSA) is 150 Å². The smallest absolute Gasteiger partial charge is 0.337 e. The Balaban J connectivity index is 1.53. The van der Waals surface area contributed by atoms with Crippen LogP contribution in [0.1, 0.15) is 15.9 Å². The monoisotopic (exact) mass is 593 g/mol. The zero-order valence-electron chi connectivity index (χ0n) is 22.6. The lowest BCUT2D eigenvalue weighted by Crippen LogP contribution is -2.54. The second kappa shape index (κ2) is 12.9. The molecule has 2 N–H and O–H groups in total. The van der Waals surface area contributed by atoms with Crippen molar-refractivity contribution in [2.24, 2.45) is 0 Å².